The number of carbonyl (C=O) groups is 1. The van der Waals surface area contributed by atoms with Gasteiger partial charge in [-0.25, -0.2) is 0 Å². The fourth-order valence-corrected chi connectivity index (χ4v) is 3.86. The van der Waals surface area contributed by atoms with Crippen molar-refractivity contribution in [2.75, 3.05) is 13.1 Å². The van der Waals surface area contributed by atoms with E-state index in [9.17, 15) is 4.79 Å². The Balaban J connectivity index is 1.70. The molecule has 0 spiro atoms. The summed E-state index contributed by atoms with van der Waals surface area (Å²) >= 11 is 0. The van der Waals surface area contributed by atoms with Crippen LogP contribution >= 0.6 is 0 Å². The second-order valence-electron chi connectivity index (χ2n) is 8.43. The first-order valence-corrected chi connectivity index (χ1v) is 12.3. The van der Waals surface area contributed by atoms with Gasteiger partial charge in [-0.3, -0.25) is 4.79 Å². The van der Waals surface area contributed by atoms with Crippen LogP contribution in [0.15, 0.2) is 30.3 Å². The van der Waals surface area contributed by atoms with Crippen LogP contribution in [0.25, 0.3) is 0 Å². The molecule has 3 N–H and O–H groups in total. The van der Waals surface area contributed by atoms with Crippen LogP contribution in [0, 0.1) is 0 Å². The van der Waals surface area contributed by atoms with E-state index in [0.29, 0.717) is 19.5 Å². The van der Waals surface area contributed by atoms with Crippen LogP contribution in [0.5, 0.6) is 0 Å². The summed E-state index contributed by atoms with van der Waals surface area (Å²) in [6.07, 6.45) is 22.1. The van der Waals surface area contributed by atoms with Crippen molar-refractivity contribution in [3.05, 3.63) is 35.9 Å². The molecule has 0 aliphatic heterocycles. The standard InChI is InChI=1S/C26H46N2O/c27-23-24-28-26(29)22-18-13-11-9-7-5-3-1-2-4-6-8-10-12-15-19-25-20-16-14-17-21-25/h14,16-17,20-21H,1-13,15,18-19,22-24,27H2,(H,28,29). The third-order valence-corrected chi connectivity index (χ3v) is 5.68. The van der Waals surface area contributed by atoms with E-state index < -0.39 is 0 Å². The number of nitrogens with one attached hydrogen (secondary N) is 1. The first kappa shape index (κ1) is 25.7. The molecule has 0 aliphatic carbocycles. The molecule has 1 rings (SSSR count). The molecule has 0 unspecified atom stereocenters. The van der Waals surface area contributed by atoms with Gasteiger partial charge < -0.3 is 11.1 Å². The number of amides is 1. The predicted molar refractivity (Wildman–Crippen MR) is 126 cm³/mol. The van der Waals surface area contributed by atoms with Crippen LogP contribution in [0.4, 0.5) is 0 Å². The predicted octanol–water partition coefficient (Wildman–Crippen LogP) is 6.55. The molecule has 0 bridgehead atoms. The van der Waals surface area contributed by atoms with Gasteiger partial charge in [-0.1, -0.05) is 114 Å². The lowest BCUT2D eigenvalue weighted by molar-refractivity contribution is -0.121. The zero-order valence-corrected chi connectivity index (χ0v) is 18.8. The van der Waals surface area contributed by atoms with E-state index in [-0.39, 0.29) is 5.91 Å². The van der Waals surface area contributed by atoms with Gasteiger partial charge in [0.2, 0.25) is 5.91 Å². The Kier molecular flexibility index (Phi) is 17.7. The van der Waals surface area contributed by atoms with E-state index in [1.165, 1.54) is 102 Å². The molecule has 0 fully saturated rings. The molecule has 3 nitrogen and oxygen atoms in total. The maximum atomic E-state index is 11.4. The summed E-state index contributed by atoms with van der Waals surface area (Å²) in [5, 5.41) is 2.83. The third kappa shape index (κ3) is 17.2. The second-order valence-corrected chi connectivity index (χ2v) is 8.43. The first-order valence-electron chi connectivity index (χ1n) is 12.3. The quantitative estimate of drug-likeness (QED) is 0.243. The topological polar surface area (TPSA) is 55.1 Å². The Morgan fingerprint density at radius 2 is 1.10 bits per heavy atom. The molecular formula is C26H46N2O. The van der Waals surface area contributed by atoms with E-state index in [4.69, 9.17) is 5.73 Å². The highest BCUT2D eigenvalue weighted by Gasteiger charge is 1.99. The molecule has 166 valence electrons. The van der Waals surface area contributed by atoms with Gasteiger partial charge in [-0.15, -0.1) is 0 Å². The molecule has 0 saturated carbocycles. The monoisotopic (exact) mass is 402 g/mol. The van der Waals surface area contributed by atoms with Crippen molar-refractivity contribution in [3.8, 4) is 0 Å². The molecular weight excluding hydrogens is 356 g/mol. The molecule has 0 atom stereocenters. The Labute approximate surface area is 180 Å². The highest BCUT2D eigenvalue weighted by Crippen LogP contribution is 2.14. The SMILES string of the molecule is NCCNC(=O)CCCCCCCCCCCCCCCCCc1ccccc1. The lowest BCUT2D eigenvalue weighted by atomic mass is 10.0. The van der Waals surface area contributed by atoms with Gasteiger partial charge in [0, 0.05) is 19.5 Å². The van der Waals surface area contributed by atoms with E-state index >= 15 is 0 Å². The van der Waals surface area contributed by atoms with E-state index in [0.717, 1.165) is 6.42 Å². The highest BCUT2D eigenvalue weighted by molar-refractivity contribution is 5.75. The summed E-state index contributed by atoms with van der Waals surface area (Å²) in [7, 11) is 0. The second kappa shape index (κ2) is 19.9. The molecule has 1 aromatic rings. The Hall–Kier alpha value is -1.35. The summed E-state index contributed by atoms with van der Waals surface area (Å²) in [5.41, 5.74) is 6.85. The lowest BCUT2D eigenvalue weighted by Crippen LogP contribution is -2.28. The zero-order valence-electron chi connectivity index (χ0n) is 18.8. The lowest BCUT2D eigenvalue weighted by Gasteiger charge is -2.04. The van der Waals surface area contributed by atoms with Crippen molar-refractivity contribution in [2.45, 2.75) is 109 Å². The van der Waals surface area contributed by atoms with Gasteiger partial charge >= 0.3 is 0 Å². The molecule has 29 heavy (non-hydrogen) atoms. The maximum absolute atomic E-state index is 11.4. The first-order chi connectivity index (χ1) is 14.3. The van der Waals surface area contributed by atoms with Crippen molar-refractivity contribution in [2.24, 2.45) is 5.73 Å². The number of carbonyl (C=O) groups excluding carboxylic acids is 1. The minimum Gasteiger partial charge on any atom is -0.355 e. The largest absolute Gasteiger partial charge is 0.355 e. The number of hydrogen-bond acceptors (Lipinski definition) is 2. The van der Waals surface area contributed by atoms with Crippen molar-refractivity contribution in [1.29, 1.82) is 0 Å². The summed E-state index contributed by atoms with van der Waals surface area (Å²) in [6.45, 7) is 1.13. The van der Waals surface area contributed by atoms with Crippen LogP contribution in [0.3, 0.4) is 0 Å². The molecule has 0 saturated heterocycles. The van der Waals surface area contributed by atoms with Crippen LogP contribution in [-0.4, -0.2) is 19.0 Å². The molecule has 1 amide bonds. The van der Waals surface area contributed by atoms with Crippen LogP contribution in [0.1, 0.15) is 108 Å². The summed E-state index contributed by atoms with van der Waals surface area (Å²) in [6, 6.07) is 10.9. The van der Waals surface area contributed by atoms with Crippen molar-refractivity contribution >= 4 is 5.91 Å². The fourth-order valence-electron chi connectivity index (χ4n) is 3.86. The average molecular weight is 403 g/mol. The van der Waals surface area contributed by atoms with Crippen molar-refractivity contribution in [1.82, 2.24) is 5.32 Å². The molecule has 3 heteroatoms. The number of hydrogen-bond donors (Lipinski definition) is 2. The number of benzene rings is 1. The molecule has 0 radical (unpaired) electrons. The minimum atomic E-state index is 0.155. The van der Waals surface area contributed by atoms with Crippen LogP contribution in [0.2, 0.25) is 0 Å². The van der Waals surface area contributed by atoms with Crippen molar-refractivity contribution < 1.29 is 4.79 Å². The summed E-state index contributed by atoms with van der Waals surface area (Å²) in [5.74, 6) is 0.155. The Morgan fingerprint density at radius 1 is 0.655 bits per heavy atom. The smallest absolute Gasteiger partial charge is 0.220 e. The maximum Gasteiger partial charge on any atom is 0.220 e. The molecule has 0 aliphatic rings. The van der Waals surface area contributed by atoms with Gasteiger partial charge in [0.1, 0.15) is 0 Å². The molecule has 1 aromatic carbocycles. The third-order valence-electron chi connectivity index (χ3n) is 5.68. The van der Waals surface area contributed by atoms with Crippen molar-refractivity contribution in [3.63, 3.8) is 0 Å². The number of unbranched alkanes of at least 4 members (excludes halogenated alkanes) is 14. The average Bonchev–Trinajstić information content (AvgIpc) is 2.75. The normalized spacial score (nSPS) is 10.9. The highest BCUT2D eigenvalue weighted by atomic mass is 16.1. The van der Waals surface area contributed by atoms with Gasteiger partial charge in [-0.2, -0.15) is 0 Å². The Morgan fingerprint density at radius 3 is 1.59 bits per heavy atom. The van der Waals surface area contributed by atoms with Gasteiger partial charge in [0.25, 0.3) is 0 Å². The van der Waals surface area contributed by atoms with Gasteiger partial charge in [-0.05, 0) is 24.8 Å². The molecule has 0 aromatic heterocycles. The fraction of sp³-hybridized carbons (Fsp3) is 0.731. The van der Waals surface area contributed by atoms with Crippen LogP contribution < -0.4 is 11.1 Å². The van der Waals surface area contributed by atoms with E-state index in [2.05, 4.69) is 35.6 Å². The number of aryl methyl sites for hydroxylation is 1. The summed E-state index contributed by atoms with van der Waals surface area (Å²) < 4.78 is 0. The van der Waals surface area contributed by atoms with E-state index in [1.54, 1.807) is 0 Å². The zero-order chi connectivity index (χ0) is 20.8. The minimum absolute atomic E-state index is 0.155. The Bertz CT molecular complexity index is 475. The van der Waals surface area contributed by atoms with Gasteiger partial charge in [0.05, 0.1) is 0 Å². The van der Waals surface area contributed by atoms with E-state index in [1.807, 2.05) is 0 Å². The van der Waals surface area contributed by atoms with Crippen LogP contribution in [-0.2, 0) is 11.2 Å². The summed E-state index contributed by atoms with van der Waals surface area (Å²) in [4.78, 5) is 11.4. The number of rotatable bonds is 20. The molecule has 0 heterocycles. The number of nitrogens with two attached hydrogens (primary N) is 1. The van der Waals surface area contributed by atoms with Gasteiger partial charge in [0.15, 0.2) is 0 Å².